The molecule has 2 aromatic carbocycles. The van der Waals surface area contributed by atoms with E-state index in [1.807, 2.05) is 18.2 Å². The van der Waals surface area contributed by atoms with Crippen LogP contribution >= 0.6 is 15.9 Å². The summed E-state index contributed by atoms with van der Waals surface area (Å²) in [6.45, 7) is 0.889. The third-order valence-electron chi connectivity index (χ3n) is 4.93. The monoisotopic (exact) mass is 447 g/mol. The first kappa shape index (κ1) is 20.4. The van der Waals surface area contributed by atoms with Gasteiger partial charge >= 0.3 is 5.97 Å². The van der Waals surface area contributed by atoms with E-state index in [0.717, 1.165) is 4.47 Å². The van der Waals surface area contributed by atoms with Crippen LogP contribution in [0.15, 0.2) is 53.0 Å². The number of carboxylic acid groups (broad SMARTS) is 1. The van der Waals surface area contributed by atoms with Gasteiger partial charge in [0.2, 0.25) is 0 Å². The van der Waals surface area contributed by atoms with Crippen molar-refractivity contribution >= 4 is 27.8 Å². The highest BCUT2D eigenvalue weighted by Crippen LogP contribution is 2.38. The standard InChI is InChI=1S/C21H22BrNO5/c22-16-7-5-15(6-8-16)20(26)23-12-10-21(27,11-13-23)17-3-1-2-4-18(17)28-14-9-19(24)25/h1-8,27H,9-14H2,(H,24,25). The molecule has 148 valence electrons. The Balaban J connectivity index is 1.68. The van der Waals surface area contributed by atoms with Gasteiger partial charge in [-0.3, -0.25) is 9.59 Å². The fourth-order valence-electron chi connectivity index (χ4n) is 3.35. The molecular weight excluding hydrogens is 426 g/mol. The molecule has 28 heavy (non-hydrogen) atoms. The number of carbonyl (C=O) groups excluding carboxylic acids is 1. The van der Waals surface area contributed by atoms with E-state index in [9.17, 15) is 14.7 Å². The number of nitrogens with zero attached hydrogens (tertiary/aromatic N) is 1. The summed E-state index contributed by atoms with van der Waals surface area (Å²) in [6.07, 6.45) is 0.658. The maximum atomic E-state index is 12.7. The van der Waals surface area contributed by atoms with Crippen LogP contribution in [-0.2, 0) is 10.4 Å². The molecule has 7 heteroatoms. The number of aliphatic carboxylic acids is 1. The molecule has 0 atom stereocenters. The summed E-state index contributed by atoms with van der Waals surface area (Å²) in [5.41, 5.74) is 0.137. The number of para-hydroxylation sites is 1. The number of aliphatic hydroxyl groups is 1. The number of halogens is 1. The van der Waals surface area contributed by atoms with Crippen LogP contribution in [0.2, 0.25) is 0 Å². The molecule has 0 saturated carbocycles. The molecule has 1 aliphatic heterocycles. The van der Waals surface area contributed by atoms with Gasteiger partial charge in [0.15, 0.2) is 0 Å². The predicted molar refractivity (Wildman–Crippen MR) is 107 cm³/mol. The van der Waals surface area contributed by atoms with Gasteiger partial charge in [-0.2, -0.15) is 0 Å². The number of piperidine rings is 1. The number of hydrogen-bond acceptors (Lipinski definition) is 4. The Kier molecular flexibility index (Phi) is 6.36. The third-order valence-corrected chi connectivity index (χ3v) is 5.46. The first-order valence-electron chi connectivity index (χ1n) is 9.10. The second kappa shape index (κ2) is 8.75. The van der Waals surface area contributed by atoms with Gasteiger partial charge in [-0.05, 0) is 43.2 Å². The van der Waals surface area contributed by atoms with Gasteiger partial charge in [0.05, 0.1) is 18.6 Å². The highest BCUT2D eigenvalue weighted by molar-refractivity contribution is 9.10. The van der Waals surface area contributed by atoms with Gasteiger partial charge in [-0.25, -0.2) is 0 Å². The van der Waals surface area contributed by atoms with E-state index >= 15 is 0 Å². The zero-order valence-corrected chi connectivity index (χ0v) is 16.9. The normalized spacial score (nSPS) is 15.9. The Bertz CT molecular complexity index is 844. The summed E-state index contributed by atoms with van der Waals surface area (Å²) < 4.78 is 6.51. The molecule has 0 aliphatic carbocycles. The van der Waals surface area contributed by atoms with Crippen LogP contribution in [-0.4, -0.2) is 46.7 Å². The second-order valence-corrected chi connectivity index (χ2v) is 7.73. The molecule has 0 aromatic heterocycles. The lowest BCUT2D eigenvalue weighted by atomic mass is 9.83. The van der Waals surface area contributed by atoms with Crippen LogP contribution in [0.4, 0.5) is 0 Å². The van der Waals surface area contributed by atoms with E-state index in [1.54, 1.807) is 35.2 Å². The first-order valence-corrected chi connectivity index (χ1v) is 9.90. The van der Waals surface area contributed by atoms with Gasteiger partial charge in [-0.1, -0.05) is 34.1 Å². The zero-order valence-electron chi connectivity index (χ0n) is 15.3. The Morgan fingerprint density at radius 3 is 2.36 bits per heavy atom. The number of ether oxygens (including phenoxy) is 1. The number of rotatable bonds is 6. The number of likely N-dealkylation sites (tertiary alicyclic amines) is 1. The number of hydrogen-bond donors (Lipinski definition) is 2. The van der Waals surface area contributed by atoms with Crippen molar-refractivity contribution in [2.45, 2.75) is 24.9 Å². The molecule has 1 saturated heterocycles. The van der Waals surface area contributed by atoms with Crippen molar-refractivity contribution in [3.8, 4) is 5.75 Å². The second-order valence-electron chi connectivity index (χ2n) is 6.82. The van der Waals surface area contributed by atoms with Crippen LogP contribution in [0.1, 0.15) is 35.2 Å². The quantitative estimate of drug-likeness (QED) is 0.707. The average Bonchev–Trinajstić information content (AvgIpc) is 2.69. The Labute approximate surface area is 171 Å². The summed E-state index contributed by atoms with van der Waals surface area (Å²) in [6, 6.07) is 14.3. The molecule has 0 unspecified atom stereocenters. The Morgan fingerprint density at radius 2 is 1.71 bits per heavy atom. The molecule has 0 spiro atoms. The minimum atomic E-state index is -1.11. The van der Waals surface area contributed by atoms with Crippen LogP contribution in [0.3, 0.4) is 0 Å². The molecule has 1 fully saturated rings. The molecule has 6 nitrogen and oxygen atoms in total. The summed E-state index contributed by atoms with van der Waals surface area (Å²) in [7, 11) is 0. The molecule has 0 radical (unpaired) electrons. The molecule has 2 N–H and O–H groups in total. The zero-order chi connectivity index (χ0) is 20.1. The van der Waals surface area contributed by atoms with Gasteiger partial charge < -0.3 is 19.8 Å². The first-order chi connectivity index (χ1) is 13.4. The summed E-state index contributed by atoms with van der Waals surface area (Å²) >= 11 is 3.36. The van der Waals surface area contributed by atoms with E-state index in [2.05, 4.69) is 15.9 Å². The SMILES string of the molecule is O=C(O)CCOc1ccccc1C1(O)CCN(C(=O)c2ccc(Br)cc2)CC1. The van der Waals surface area contributed by atoms with Gasteiger partial charge in [0.25, 0.3) is 5.91 Å². The largest absolute Gasteiger partial charge is 0.493 e. The fraction of sp³-hybridized carbons (Fsp3) is 0.333. The van der Waals surface area contributed by atoms with E-state index in [-0.39, 0.29) is 18.9 Å². The topological polar surface area (TPSA) is 87.1 Å². The highest BCUT2D eigenvalue weighted by Gasteiger charge is 2.37. The van der Waals surface area contributed by atoms with E-state index in [1.165, 1.54) is 0 Å². The number of carbonyl (C=O) groups is 2. The highest BCUT2D eigenvalue weighted by atomic mass is 79.9. The lowest BCUT2D eigenvalue weighted by Gasteiger charge is -2.39. The van der Waals surface area contributed by atoms with E-state index in [4.69, 9.17) is 9.84 Å². The van der Waals surface area contributed by atoms with Crippen molar-refractivity contribution in [1.82, 2.24) is 4.90 Å². The maximum absolute atomic E-state index is 12.7. The molecular formula is C21H22BrNO5. The molecule has 1 aliphatic rings. The maximum Gasteiger partial charge on any atom is 0.306 e. The van der Waals surface area contributed by atoms with Crippen molar-refractivity contribution < 1.29 is 24.5 Å². The summed E-state index contributed by atoms with van der Waals surface area (Å²) in [5, 5.41) is 20.0. The minimum absolute atomic E-state index is 0.0383. The Morgan fingerprint density at radius 1 is 1.07 bits per heavy atom. The predicted octanol–water partition coefficient (Wildman–Crippen LogP) is 3.43. The summed E-state index contributed by atoms with van der Waals surface area (Å²) in [4.78, 5) is 25.1. The van der Waals surface area contributed by atoms with Crippen molar-refractivity contribution in [3.63, 3.8) is 0 Å². The molecule has 3 rings (SSSR count). The minimum Gasteiger partial charge on any atom is -0.493 e. The number of carboxylic acids is 1. The van der Waals surface area contributed by atoms with Crippen LogP contribution in [0, 0.1) is 0 Å². The van der Waals surface area contributed by atoms with Gasteiger partial charge in [-0.15, -0.1) is 0 Å². The molecule has 1 amide bonds. The lowest BCUT2D eigenvalue weighted by molar-refractivity contribution is -0.137. The molecule has 1 heterocycles. The average molecular weight is 448 g/mol. The van der Waals surface area contributed by atoms with E-state index < -0.39 is 11.6 Å². The van der Waals surface area contributed by atoms with Crippen molar-refractivity contribution in [3.05, 3.63) is 64.1 Å². The van der Waals surface area contributed by atoms with Crippen LogP contribution < -0.4 is 4.74 Å². The van der Waals surface area contributed by atoms with Crippen molar-refractivity contribution in [1.29, 1.82) is 0 Å². The van der Waals surface area contributed by atoms with Crippen LogP contribution in [0.5, 0.6) is 5.75 Å². The Hall–Kier alpha value is -2.38. The fourth-order valence-corrected chi connectivity index (χ4v) is 3.61. The summed E-state index contributed by atoms with van der Waals surface area (Å²) in [5.74, 6) is -0.504. The lowest BCUT2D eigenvalue weighted by Crippen LogP contribution is -2.45. The van der Waals surface area contributed by atoms with Crippen molar-refractivity contribution in [2.24, 2.45) is 0 Å². The van der Waals surface area contributed by atoms with Gasteiger partial charge in [0.1, 0.15) is 5.75 Å². The van der Waals surface area contributed by atoms with E-state index in [0.29, 0.717) is 42.8 Å². The molecule has 0 bridgehead atoms. The van der Waals surface area contributed by atoms with Crippen LogP contribution in [0.25, 0.3) is 0 Å². The van der Waals surface area contributed by atoms with Gasteiger partial charge in [0, 0.05) is 28.7 Å². The smallest absolute Gasteiger partial charge is 0.306 e. The number of amides is 1. The van der Waals surface area contributed by atoms with Crippen molar-refractivity contribution in [2.75, 3.05) is 19.7 Å². The molecule has 2 aromatic rings. The number of benzene rings is 2. The third kappa shape index (κ3) is 4.72.